The van der Waals surface area contributed by atoms with Gasteiger partial charge in [0, 0.05) is 12.8 Å². The van der Waals surface area contributed by atoms with E-state index < -0.39 is 51.8 Å². The molecule has 3 atom stereocenters. The number of aliphatic hydroxyl groups excluding tert-OH is 2. The molecule has 0 saturated heterocycles. The minimum absolute atomic E-state index is 0.175. The predicted molar refractivity (Wildman–Crippen MR) is 214 cm³/mol. The van der Waals surface area contributed by atoms with E-state index in [0.29, 0.717) is 12.8 Å². The lowest BCUT2D eigenvalue weighted by Gasteiger charge is -2.20. The summed E-state index contributed by atoms with van der Waals surface area (Å²) >= 11 is 0. The molecule has 0 aliphatic heterocycles. The number of rotatable bonds is 38. The Hall–Kier alpha value is -2.33. The van der Waals surface area contributed by atoms with Gasteiger partial charge >= 0.3 is 19.8 Å². The SMILES string of the molecule is C=CCCCCCCCCCCCCCCCC(=O)O[C@H](COC(=O)CCCCCCC/C=C/C=C/C=C/C=C/CC)COP(=O)(O)OC[C@@H](O)CO. The molecule has 0 spiro atoms. The molecule has 0 aliphatic carbocycles. The van der Waals surface area contributed by atoms with Crippen LogP contribution in [0, 0.1) is 0 Å². The molecule has 0 amide bonds. The summed E-state index contributed by atoms with van der Waals surface area (Å²) in [5.74, 6) is -0.958. The van der Waals surface area contributed by atoms with Crippen LogP contribution in [0.5, 0.6) is 0 Å². The second-order valence-corrected chi connectivity index (χ2v) is 14.9. The highest BCUT2D eigenvalue weighted by Crippen LogP contribution is 2.43. The number of hydrogen-bond donors (Lipinski definition) is 3. The fourth-order valence-electron chi connectivity index (χ4n) is 5.28. The third kappa shape index (κ3) is 37.8. The average molecular weight is 769 g/mol. The number of carbonyl (C=O) groups excluding carboxylic acids is 2. The lowest BCUT2D eigenvalue weighted by Crippen LogP contribution is -2.29. The highest BCUT2D eigenvalue weighted by atomic mass is 31.2. The fourth-order valence-corrected chi connectivity index (χ4v) is 6.07. The van der Waals surface area contributed by atoms with Crippen LogP contribution in [0.25, 0.3) is 0 Å². The minimum Gasteiger partial charge on any atom is -0.462 e. The molecule has 0 aromatic heterocycles. The van der Waals surface area contributed by atoms with Gasteiger partial charge in [-0.15, -0.1) is 6.58 Å². The van der Waals surface area contributed by atoms with Crippen LogP contribution < -0.4 is 0 Å². The molecule has 1 unspecified atom stereocenters. The molecule has 3 N–H and O–H groups in total. The number of allylic oxidation sites excluding steroid dienone is 9. The summed E-state index contributed by atoms with van der Waals surface area (Å²) in [6.07, 6.45) is 39.3. The Balaban J connectivity index is 4.36. The zero-order valence-corrected chi connectivity index (χ0v) is 33.7. The standard InChI is InChI=1S/C42H73O10P/c1-3-5-7-9-11-13-15-17-19-21-23-25-27-29-31-33-41(45)49-37-40(38-51-53(47,48)50-36-39(44)35-43)52-42(46)34-32-30-28-26-24-22-20-18-16-14-12-10-8-6-4-2/h4-5,7,9,11,13,15,17,19,39-40,43-44H,2-3,6,8,10,12,14,16,18,20-38H2,1H3,(H,47,48)/b7-5+,11-9+,15-13+,19-17+/t39-,40+/m0/s1. The van der Waals surface area contributed by atoms with Gasteiger partial charge in [-0.2, -0.15) is 0 Å². The molecule has 0 bridgehead atoms. The zero-order chi connectivity index (χ0) is 39.1. The van der Waals surface area contributed by atoms with Crippen molar-refractivity contribution in [2.24, 2.45) is 0 Å². The van der Waals surface area contributed by atoms with Crippen LogP contribution in [0.15, 0.2) is 61.3 Å². The third-order valence-corrected chi connectivity index (χ3v) is 9.35. The average Bonchev–Trinajstić information content (AvgIpc) is 3.14. The van der Waals surface area contributed by atoms with Crippen molar-refractivity contribution in [1.29, 1.82) is 0 Å². The van der Waals surface area contributed by atoms with E-state index >= 15 is 0 Å². The maximum atomic E-state index is 12.6. The molecular formula is C42H73O10P. The van der Waals surface area contributed by atoms with Crippen LogP contribution >= 0.6 is 7.82 Å². The topological polar surface area (TPSA) is 149 Å². The van der Waals surface area contributed by atoms with Crippen LogP contribution in [0.1, 0.15) is 155 Å². The van der Waals surface area contributed by atoms with Crippen molar-refractivity contribution in [3.8, 4) is 0 Å². The summed E-state index contributed by atoms with van der Waals surface area (Å²) in [5, 5.41) is 18.3. The summed E-state index contributed by atoms with van der Waals surface area (Å²) in [6.45, 7) is 3.72. The number of phosphoric acid groups is 1. The number of phosphoric ester groups is 1. The van der Waals surface area contributed by atoms with E-state index in [2.05, 4.69) is 30.2 Å². The molecule has 0 radical (unpaired) electrons. The molecule has 0 heterocycles. The Labute approximate surface area is 321 Å². The van der Waals surface area contributed by atoms with Gasteiger partial charge in [0.1, 0.15) is 12.7 Å². The van der Waals surface area contributed by atoms with Crippen LogP contribution in [-0.4, -0.2) is 65.7 Å². The third-order valence-electron chi connectivity index (χ3n) is 8.40. The monoisotopic (exact) mass is 768 g/mol. The number of unbranched alkanes of at least 4 members (excludes halogenated alkanes) is 18. The van der Waals surface area contributed by atoms with Gasteiger partial charge in [-0.1, -0.05) is 151 Å². The van der Waals surface area contributed by atoms with Crippen molar-refractivity contribution in [3.05, 3.63) is 61.3 Å². The molecule has 0 fully saturated rings. The Bertz CT molecular complexity index is 1050. The Morgan fingerprint density at radius 2 is 1.08 bits per heavy atom. The molecule has 0 aliphatic rings. The van der Waals surface area contributed by atoms with Gasteiger partial charge in [-0.3, -0.25) is 18.6 Å². The van der Waals surface area contributed by atoms with Crippen LogP contribution in [0.4, 0.5) is 0 Å². The van der Waals surface area contributed by atoms with Gasteiger partial charge in [0.25, 0.3) is 0 Å². The summed E-state index contributed by atoms with van der Waals surface area (Å²) in [7, 11) is -4.62. The Morgan fingerprint density at radius 1 is 0.623 bits per heavy atom. The summed E-state index contributed by atoms with van der Waals surface area (Å²) in [4.78, 5) is 34.9. The number of esters is 2. The number of hydrogen-bond acceptors (Lipinski definition) is 9. The molecular weight excluding hydrogens is 695 g/mol. The highest BCUT2D eigenvalue weighted by molar-refractivity contribution is 7.47. The Morgan fingerprint density at radius 3 is 1.60 bits per heavy atom. The van der Waals surface area contributed by atoms with E-state index in [1.165, 1.54) is 57.8 Å². The van der Waals surface area contributed by atoms with Crippen molar-refractivity contribution in [2.45, 2.75) is 167 Å². The lowest BCUT2D eigenvalue weighted by molar-refractivity contribution is -0.161. The van der Waals surface area contributed by atoms with E-state index in [9.17, 15) is 24.2 Å². The van der Waals surface area contributed by atoms with E-state index in [1.54, 1.807) is 0 Å². The van der Waals surface area contributed by atoms with Crippen molar-refractivity contribution in [2.75, 3.05) is 26.4 Å². The van der Waals surface area contributed by atoms with Gasteiger partial charge in [-0.05, 0) is 44.9 Å². The van der Waals surface area contributed by atoms with Crippen molar-refractivity contribution >= 4 is 19.8 Å². The summed E-state index contributed by atoms with van der Waals surface area (Å²) < 4.78 is 32.6. The first-order chi connectivity index (χ1) is 25.7. The van der Waals surface area contributed by atoms with Gasteiger partial charge in [0.2, 0.25) is 0 Å². The first-order valence-corrected chi connectivity index (χ1v) is 21.7. The van der Waals surface area contributed by atoms with Gasteiger partial charge in [0.05, 0.1) is 19.8 Å². The van der Waals surface area contributed by atoms with Crippen molar-refractivity contribution in [1.82, 2.24) is 0 Å². The van der Waals surface area contributed by atoms with Crippen LogP contribution in [0.3, 0.4) is 0 Å². The van der Waals surface area contributed by atoms with Crippen molar-refractivity contribution < 1.29 is 47.8 Å². The molecule has 11 heteroatoms. The van der Waals surface area contributed by atoms with Crippen LogP contribution in [-0.2, 0) is 32.7 Å². The fraction of sp³-hybridized carbons (Fsp3) is 0.714. The van der Waals surface area contributed by atoms with E-state index in [0.717, 1.165) is 64.2 Å². The first-order valence-electron chi connectivity index (χ1n) is 20.3. The normalized spacial score (nSPS) is 14.3. The number of carbonyl (C=O) groups is 2. The van der Waals surface area contributed by atoms with Crippen LogP contribution in [0.2, 0.25) is 0 Å². The maximum absolute atomic E-state index is 12.6. The van der Waals surface area contributed by atoms with Crippen molar-refractivity contribution in [3.63, 3.8) is 0 Å². The molecule has 0 rings (SSSR count). The summed E-state index contributed by atoms with van der Waals surface area (Å²) in [5.41, 5.74) is 0. The van der Waals surface area contributed by atoms with E-state index in [4.69, 9.17) is 19.1 Å². The van der Waals surface area contributed by atoms with E-state index in [1.807, 2.05) is 42.5 Å². The number of aliphatic hydroxyl groups is 2. The molecule has 306 valence electrons. The zero-order valence-electron chi connectivity index (χ0n) is 32.8. The van der Waals surface area contributed by atoms with Gasteiger partial charge in [-0.25, -0.2) is 4.57 Å². The maximum Gasteiger partial charge on any atom is 0.472 e. The van der Waals surface area contributed by atoms with Gasteiger partial charge < -0.3 is 24.6 Å². The predicted octanol–water partition coefficient (Wildman–Crippen LogP) is 10.3. The first kappa shape index (κ1) is 50.7. The van der Waals surface area contributed by atoms with E-state index in [-0.39, 0.29) is 19.4 Å². The molecule has 0 saturated carbocycles. The summed E-state index contributed by atoms with van der Waals surface area (Å²) in [6, 6.07) is 0. The second-order valence-electron chi connectivity index (χ2n) is 13.5. The second kappa shape index (κ2) is 38.0. The largest absolute Gasteiger partial charge is 0.472 e. The molecule has 0 aromatic rings. The smallest absolute Gasteiger partial charge is 0.462 e. The van der Waals surface area contributed by atoms with Gasteiger partial charge in [0.15, 0.2) is 6.10 Å². The Kier molecular flexibility index (Phi) is 36.3. The lowest BCUT2D eigenvalue weighted by atomic mass is 10.0. The highest BCUT2D eigenvalue weighted by Gasteiger charge is 2.27. The molecule has 53 heavy (non-hydrogen) atoms. The quantitative estimate of drug-likeness (QED) is 0.0182. The molecule has 0 aromatic carbocycles. The number of ether oxygens (including phenoxy) is 2. The minimum atomic E-state index is -4.62. The molecule has 10 nitrogen and oxygen atoms in total.